The third kappa shape index (κ3) is 2.17. The van der Waals surface area contributed by atoms with E-state index in [4.69, 9.17) is 5.73 Å². The van der Waals surface area contributed by atoms with Crippen LogP contribution in [0.15, 0.2) is 11.0 Å². The number of nitrogens with two attached hydrogens (primary N) is 1. The number of esters is 1. The van der Waals surface area contributed by atoms with Crippen molar-refractivity contribution in [3.8, 4) is 0 Å². The number of nitrogens with one attached hydrogen (secondary N) is 1. The lowest BCUT2D eigenvalue weighted by atomic mass is 10.3. The van der Waals surface area contributed by atoms with E-state index in [0.717, 1.165) is 0 Å². The van der Waals surface area contributed by atoms with Gasteiger partial charge in [0.15, 0.2) is 0 Å². The van der Waals surface area contributed by atoms with Crippen LogP contribution in [0.3, 0.4) is 0 Å². The normalized spacial score (nSPS) is 9.86. The molecule has 6 heteroatoms. The Bertz CT molecular complexity index is 386. The topological polar surface area (TPSA) is 98.1 Å². The lowest BCUT2D eigenvalue weighted by Gasteiger charge is -2.00. The summed E-state index contributed by atoms with van der Waals surface area (Å²) in [4.78, 5) is 28.6. The maximum Gasteiger partial charge on any atom is 0.345 e. The fourth-order valence-corrected chi connectivity index (χ4v) is 0.890. The number of aromatic amines is 1. The zero-order chi connectivity index (χ0) is 10.6. The molecule has 0 amide bonds. The van der Waals surface area contributed by atoms with Crippen molar-refractivity contribution in [1.82, 2.24) is 9.97 Å². The Hall–Kier alpha value is -1.69. The van der Waals surface area contributed by atoms with Gasteiger partial charge in [-0.15, -0.1) is 0 Å². The second-order valence-corrected chi connectivity index (χ2v) is 2.50. The number of nitrogens with zero attached hydrogens (tertiary/aromatic N) is 1. The standard InChI is InChI=1S/C8H11N3O3/c1-2-14-8(13)5-4-10-6(3-9)11-7(5)12/h4H,2-3,9H2,1H3,(H,10,11,12). The zero-order valence-corrected chi connectivity index (χ0v) is 7.74. The van der Waals surface area contributed by atoms with Crippen molar-refractivity contribution in [3.05, 3.63) is 27.9 Å². The summed E-state index contributed by atoms with van der Waals surface area (Å²) < 4.78 is 4.65. The zero-order valence-electron chi connectivity index (χ0n) is 7.74. The molecule has 1 aromatic heterocycles. The van der Waals surface area contributed by atoms with Gasteiger partial charge in [0, 0.05) is 6.20 Å². The largest absolute Gasteiger partial charge is 0.462 e. The van der Waals surface area contributed by atoms with Gasteiger partial charge in [-0.1, -0.05) is 0 Å². The second kappa shape index (κ2) is 4.52. The Morgan fingerprint density at radius 2 is 2.43 bits per heavy atom. The molecule has 0 fully saturated rings. The summed E-state index contributed by atoms with van der Waals surface area (Å²) >= 11 is 0. The van der Waals surface area contributed by atoms with Crippen LogP contribution < -0.4 is 11.3 Å². The number of H-pyrrole nitrogens is 1. The third-order valence-electron chi connectivity index (χ3n) is 1.54. The van der Waals surface area contributed by atoms with E-state index in [0.29, 0.717) is 5.82 Å². The maximum atomic E-state index is 11.3. The number of aromatic nitrogens is 2. The molecule has 0 aromatic carbocycles. The molecule has 0 radical (unpaired) electrons. The van der Waals surface area contributed by atoms with Crippen LogP contribution in [0.2, 0.25) is 0 Å². The molecule has 76 valence electrons. The van der Waals surface area contributed by atoms with E-state index < -0.39 is 11.5 Å². The van der Waals surface area contributed by atoms with Crippen LogP contribution in [0, 0.1) is 0 Å². The lowest BCUT2D eigenvalue weighted by molar-refractivity contribution is 0.0523. The van der Waals surface area contributed by atoms with Crippen molar-refractivity contribution in [2.24, 2.45) is 5.73 Å². The smallest absolute Gasteiger partial charge is 0.345 e. The first kappa shape index (κ1) is 10.4. The molecule has 0 saturated heterocycles. The average Bonchev–Trinajstić information content (AvgIpc) is 2.17. The van der Waals surface area contributed by atoms with Gasteiger partial charge >= 0.3 is 5.97 Å². The van der Waals surface area contributed by atoms with Crippen molar-refractivity contribution in [2.75, 3.05) is 6.61 Å². The molecule has 0 spiro atoms. The minimum Gasteiger partial charge on any atom is -0.462 e. The fraction of sp³-hybridized carbons (Fsp3) is 0.375. The van der Waals surface area contributed by atoms with Gasteiger partial charge in [-0.05, 0) is 6.92 Å². The van der Waals surface area contributed by atoms with Crippen molar-refractivity contribution in [2.45, 2.75) is 13.5 Å². The van der Waals surface area contributed by atoms with Crippen molar-refractivity contribution in [3.63, 3.8) is 0 Å². The molecular weight excluding hydrogens is 186 g/mol. The van der Waals surface area contributed by atoms with Gasteiger partial charge in [0.05, 0.1) is 13.2 Å². The number of ether oxygens (including phenoxy) is 1. The third-order valence-corrected chi connectivity index (χ3v) is 1.54. The Kier molecular flexibility index (Phi) is 3.35. The minimum atomic E-state index is -0.676. The highest BCUT2D eigenvalue weighted by atomic mass is 16.5. The summed E-state index contributed by atoms with van der Waals surface area (Å²) in [5, 5.41) is 0. The molecule has 0 atom stereocenters. The molecule has 0 unspecified atom stereocenters. The number of carbonyl (C=O) groups is 1. The summed E-state index contributed by atoms with van der Waals surface area (Å²) in [6.07, 6.45) is 1.17. The summed E-state index contributed by atoms with van der Waals surface area (Å²) in [5.41, 5.74) is 4.62. The molecule has 0 bridgehead atoms. The Balaban J connectivity index is 3.00. The molecule has 0 saturated carbocycles. The molecule has 14 heavy (non-hydrogen) atoms. The van der Waals surface area contributed by atoms with E-state index in [2.05, 4.69) is 14.7 Å². The first-order chi connectivity index (χ1) is 6.69. The molecule has 3 N–H and O–H groups in total. The Labute approximate surface area is 80.1 Å². The highest BCUT2D eigenvalue weighted by Crippen LogP contribution is 1.93. The van der Waals surface area contributed by atoms with Gasteiger partial charge in [-0.3, -0.25) is 4.79 Å². The van der Waals surface area contributed by atoms with E-state index in [9.17, 15) is 9.59 Å². The van der Waals surface area contributed by atoms with Gasteiger partial charge in [-0.25, -0.2) is 9.78 Å². The van der Waals surface area contributed by atoms with Crippen LogP contribution in [0.4, 0.5) is 0 Å². The van der Waals surface area contributed by atoms with Crippen LogP contribution >= 0.6 is 0 Å². The van der Waals surface area contributed by atoms with E-state index in [1.807, 2.05) is 0 Å². The van der Waals surface area contributed by atoms with E-state index in [1.54, 1.807) is 6.92 Å². The van der Waals surface area contributed by atoms with Gasteiger partial charge in [0.1, 0.15) is 11.4 Å². The SMILES string of the molecule is CCOC(=O)c1cnc(CN)[nH]c1=O. The number of rotatable bonds is 3. The van der Waals surface area contributed by atoms with E-state index >= 15 is 0 Å². The molecule has 6 nitrogen and oxygen atoms in total. The summed E-state index contributed by atoms with van der Waals surface area (Å²) in [7, 11) is 0. The monoisotopic (exact) mass is 197 g/mol. The van der Waals surface area contributed by atoms with Crippen molar-refractivity contribution >= 4 is 5.97 Å². The van der Waals surface area contributed by atoms with Crippen molar-refractivity contribution < 1.29 is 9.53 Å². The van der Waals surface area contributed by atoms with E-state index in [1.165, 1.54) is 6.20 Å². The predicted octanol–water partition coefficient (Wildman–Crippen LogP) is -0.595. The van der Waals surface area contributed by atoms with Crippen LogP contribution in [0.1, 0.15) is 23.1 Å². The highest BCUT2D eigenvalue weighted by molar-refractivity contribution is 5.88. The first-order valence-corrected chi connectivity index (χ1v) is 4.14. The van der Waals surface area contributed by atoms with Crippen LogP contribution in [0.25, 0.3) is 0 Å². The molecule has 1 aromatic rings. The van der Waals surface area contributed by atoms with Crippen LogP contribution in [-0.2, 0) is 11.3 Å². The fourth-order valence-electron chi connectivity index (χ4n) is 0.890. The van der Waals surface area contributed by atoms with E-state index in [-0.39, 0.29) is 18.7 Å². The minimum absolute atomic E-state index is 0.107. The molecular formula is C8H11N3O3. The summed E-state index contributed by atoms with van der Waals surface area (Å²) in [6, 6.07) is 0. The Morgan fingerprint density at radius 3 is 2.93 bits per heavy atom. The molecule has 1 heterocycles. The van der Waals surface area contributed by atoms with Gasteiger partial charge in [0.2, 0.25) is 0 Å². The first-order valence-electron chi connectivity index (χ1n) is 4.14. The van der Waals surface area contributed by atoms with Crippen molar-refractivity contribution in [1.29, 1.82) is 0 Å². The maximum absolute atomic E-state index is 11.3. The highest BCUT2D eigenvalue weighted by Gasteiger charge is 2.11. The molecule has 0 aliphatic carbocycles. The van der Waals surface area contributed by atoms with Crippen LogP contribution in [-0.4, -0.2) is 22.5 Å². The molecule has 0 aliphatic heterocycles. The van der Waals surface area contributed by atoms with Gasteiger partial charge in [0.25, 0.3) is 5.56 Å². The lowest BCUT2D eigenvalue weighted by Crippen LogP contribution is -2.22. The quantitative estimate of drug-likeness (QED) is 0.631. The summed E-state index contributed by atoms with van der Waals surface area (Å²) in [6.45, 7) is 2.00. The number of hydrogen-bond donors (Lipinski definition) is 2. The van der Waals surface area contributed by atoms with Gasteiger partial charge in [-0.2, -0.15) is 0 Å². The molecule has 0 aliphatic rings. The Morgan fingerprint density at radius 1 is 1.71 bits per heavy atom. The average molecular weight is 197 g/mol. The number of hydrogen-bond acceptors (Lipinski definition) is 5. The molecule has 1 rings (SSSR count). The number of carbonyl (C=O) groups excluding carboxylic acids is 1. The second-order valence-electron chi connectivity index (χ2n) is 2.50. The van der Waals surface area contributed by atoms with Crippen LogP contribution in [0.5, 0.6) is 0 Å². The predicted molar refractivity (Wildman–Crippen MR) is 48.7 cm³/mol. The van der Waals surface area contributed by atoms with Gasteiger partial charge < -0.3 is 15.5 Å². The summed E-state index contributed by atoms with van der Waals surface area (Å²) in [5.74, 6) is -0.340.